The molecule has 0 amide bonds. The number of nitrogens with zero attached hydrogens (tertiary/aromatic N) is 4. The first-order valence-electron chi connectivity index (χ1n) is 8.23. The van der Waals surface area contributed by atoms with Crippen molar-refractivity contribution in [2.45, 2.75) is 19.9 Å². The summed E-state index contributed by atoms with van der Waals surface area (Å²) in [6, 6.07) is 1.93. The van der Waals surface area contributed by atoms with Gasteiger partial charge in [0.05, 0.1) is 29.9 Å². The van der Waals surface area contributed by atoms with Crippen LogP contribution in [0.4, 0.5) is 5.82 Å². The molecule has 0 spiro atoms. The van der Waals surface area contributed by atoms with Crippen molar-refractivity contribution in [3.63, 3.8) is 0 Å². The lowest BCUT2D eigenvalue weighted by atomic mass is 10.2. The lowest BCUT2D eigenvalue weighted by molar-refractivity contribution is 0.0526. The van der Waals surface area contributed by atoms with E-state index in [0.29, 0.717) is 23.7 Å². The van der Waals surface area contributed by atoms with Crippen molar-refractivity contribution < 1.29 is 9.53 Å². The van der Waals surface area contributed by atoms with Crippen LogP contribution in [0, 0.1) is 11.8 Å². The monoisotopic (exact) mass is 346 g/mol. The van der Waals surface area contributed by atoms with E-state index in [9.17, 15) is 4.79 Å². The van der Waals surface area contributed by atoms with Crippen LogP contribution in [-0.2, 0) is 11.3 Å². The number of carbonyl (C=O) groups is 1. The molecule has 6 nitrogen and oxygen atoms in total. The number of ether oxygens (including phenoxy) is 1. The topological polar surface area (TPSA) is 60.2 Å². The molecule has 126 valence electrons. The third-order valence-electron chi connectivity index (χ3n) is 4.69. The highest BCUT2D eigenvalue weighted by Gasteiger charge is 2.45. The maximum Gasteiger partial charge on any atom is 0.341 e. The number of esters is 1. The van der Waals surface area contributed by atoms with Gasteiger partial charge in [-0.15, -0.1) is 0 Å². The molecule has 2 unspecified atom stereocenters. The molecule has 1 aliphatic carbocycles. The van der Waals surface area contributed by atoms with Crippen molar-refractivity contribution in [3.05, 3.63) is 40.8 Å². The fourth-order valence-corrected chi connectivity index (χ4v) is 3.47. The van der Waals surface area contributed by atoms with E-state index in [4.69, 9.17) is 16.3 Å². The third kappa shape index (κ3) is 2.98. The number of aromatic nitrogens is 3. The number of piperidine rings is 1. The largest absolute Gasteiger partial charge is 0.462 e. The summed E-state index contributed by atoms with van der Waals surface area (Å²) in [5.74, 6) is 2.30. The molecule has 3 heterocycles. The van der Waals surface area contributed by atoms with Crippen molar-refractivity contribution in [2.24, 2.45) is 11.8 Å². The number of hydrogen-bond donors (Lipinski definition) is 0. The van der Waals surface area contributed by atoms with Gasteiger partial charge in [-0.05, 0) is 31.2 Å². The molecule has 2 aliphatic rings. The highest BCUT2D eigenvalue weighted by molar-refractivity contribution is 6.31. The van der Waals surface area contributed by atoms with Gasteiger partial charge in [-0.25, -0.2) is 9.78 Å². The average Bonchev–Trinajstić information content (AvgIpc) is 2.98. The minimum absolute atomic E-state index is 0.347. The van der Waals surface area contributed by atoms with Gasteiger partial charge >= 0.3 is 5.97 Å². The molecule has 24 heavy (non-hydrogen) atoms. The zero-order valence-electron chi connectivity index (χ0n) is 13.5. The normalized spacial score (nSPS) is 21.7. The molecule has 2 atom stereocenters. The summed E-state index contributed by atoms with van der Waals surface area (Å²) in [5.41, 5.74) is 1.32. The number of hydrogen-bond acceptors (Lipinski definition) is 5. The predicted octanol–water partition coefficient (Wildman–Crippen LogP) is 2.61. The van der Waals surface area contributed by atoms with Crippen LogP contribution in [0.15, 0.2) is 24.7 Å². The molecule has 0 N–H and O–H groups in total. The Morgan fingerprint density at radius 1 is 1.38 bits per heavy atom. The van der Waals surface area contributed by atoms with Crippen molar-refractivity contribution in [1.29, 1.82) is 0 Å². The summed E-state index contributed by atoms with van der Waals surface area (Å²) in [5, 5.41) is 4.87. The van der Waals surface area contributed by atoms with Crippen molar-refractivity contribution in [3.8, 4) is 0 Å². The van der Waals surface area contributed by atoms with E-state index in [1.54, 1.807) is 24.0 Å². The van der Waals surface area contributed by atoms with Crippen LogP contribution in [-0.4, -0.2) is 40.4 Å². The van der Waals surface area contributed by atoms with E-state index in [-0.39, 0.29) is 5.97 Å². The van der Waals surface area contributed by atoms with Crippen LogP contribution in [0.1, 0.15) is 29.3 Å². The third-order valence-corrected chi connectivity index (χ3v) is 5.05. The highest BCUT2D eigenvalue weighted by Crippen LogP contribution is 2.46. The van der Waals surface area contributed by atoms with Gasteiger partial charge in [0, 0.05) is 31.0 Å². The van der Waals surface area contributed by atoms with Crippen LogP contribution in [0.3, 0.4) is 0 Å². The van der Waals surface area contributed by atoms with E-state index in [1.165, 1.54) is 12.6 Å². The van der Waals surface area contributed by atoms with Gasteiger partial charge in [-0.3, -0.25) is 4.68 Å². The molecule has 0 aromatic carbocycles. The molecule has 2 aromatic heterocycles. The standard InChI is InChI=1S/C17H19ClN4O2/c1-2-24-17(23)14-6-20-22(10-14)9-13-5-19-16(4-15(13)18)21-7-11-3-12(11)8-21/h4-6,10-12H,2-3,7-9H2,1H3. The molecule has 7 heteroatoms. The number of carbonyl (C=O) groups excluding carboxylic acids is 1. The Morgan fingerprint density at radius 2 is 2.17 bits per heavy atom. The predicted molar refractivity (Wildman–Crippen MR) is 90.3 cm³/mol. The minimum atomic E-state index is -0.365. The summed E-state index contributed by atoms with van der Waals surface area (Å²) in [6.07, 6.45) is 6.33. The van der Waals surface area contributed by atoms with Crippen molar-refractivity contribution in [1.82, 2.24) is 14.8 Å². The van der Waals surface area contributed by atoms with E-state index in [1.807, 2.05) is 6.07 Å². The van der Waals surface area contributed by atoms with Gasteiger partial charge in [-0.1, -0.05) is 11.6 Å². The Labute approximate surface area is 145 Å². The quantitative estimate of drug-likeness (QED) is 0.779. The van der Waals surface area contributed by atoms with Gasteiger partial charge in [-0.2, -0.15) is 5.10 Å². The lowest BCUT2D eigenvalue weighted by Crippen LogP contribution is -2.22. The molecule has 2 fully saturated rings. The molecule has 1 saturated heterocycles. The number of rotatable bonds is 5. The summed E-state index contributed by atoms with van der Waals surface area (Å²) >= 11 is 6.42. The number of fused-ring (bicyclic) bond motifs is 1. The zero-order valence-corrected chi connectivity index (χ0v) is 14.2. The summed E-state index contributed by atoms with van der Waals surface area (Å²) in [6.45, 7) is 4.78. The van der Waals surface area contributed by atoms with E-state index in [2.05, 4.69) is 15.0 Å². The molecule has 1 saturated carbocycles. The molecule has 0 bridgehead atoms. The van der Waals surface area contributed by atoms with Gasteiger partial charge in [0.1, 0.15) is 5.82 Å². The smallest absolute Gasteiger partial charge is 0.341 e. The molecular weight excluding hydrogens is 328 g/mol. The lowest BCUT2D eigenvalue weighted by Gasteiger charge is -2.19. The van der Waals surface area contributed by atoms with Gasteiger partial charge in [0.25, 0.3) is 0 Å². The average molecular weight is 347 g/mol. The molecular formula is C17H19ClN4O2. The van der Waals surface area contributed by atoms with Crippen LogP contribution in [0.25, 0.3) is 0 Å². The number of anilines is 1. The highest BCUT2D eigenvalue weighted by atomic mass is 35.5. The van der Waals surface area contributed by atoms with Crippen LogP contribution >= 0.6 is 11.6 Å². The van der Waals surface area contributed by atoms with Crippen molar-refractivity contribution >= 4 is 23.4 Å². The Balaban J connectivity index is 1.45. The summed E-state index contributed by atoms with van der Waals surface area (Å²) < 4.78 is 6.63. The number of halogens is 1. The van der Waals surface area contributed by atoms with Gasteiger partial charge in [0.15, 0.2) is 0 Å². The maximum atomic E-state index is 11.7. The van der Waals surface area contributed by atoms with Gasteiger partial charge < -0.3 is 9.64 Å². The van der Waals surface area contributed by atoms with Gasteiger partial charge in [0.2, 0.25) is 0 Å². The molecule has 2 aromatic rings. The summed E-state index contributed by atoms with van der Waals surface area (Å²) in [4.78, 5) is 18.5. The number of pyridine rings is 1. The zero-order chi connectivity index (χ0) is 16.7. The summed E-state index contributed by atoms with van der Waals surface area (Å²) in [7, 11) is 0. The van der Waals surface area contributed by atoms with Crippen LogP contribution in [0.5, 0.6) is 0 Å². The van der Waals surface area contributed by atoms with E-state index in [0.717, 1.165) is 36.3 Å². The fraction of sp³-hybridized carbons (Fsp3) is 0.471. The minimum Gasteiger partial charge on any atom is -0.462 e. The van der Waals surface area contributed by atoms with Crippen molar-refractivity contribution in [2.75, 3.05) is 24.6 Å². The van der Waals surface area contributed by atoms with E-state index >= 15 is 0 Å². The van der Waals surface area contributed by atoms with Crippen LogP contribution in [0.2, 0.25) is 5.02 Å². The SMILES string of the molecule is CCOC(=O)c1cnn(Cc2cnc(N3CC4CC4C3)cc2Cl)c1. The van der Waals surface area contributed by atoms with Crippen LogP contribution < -0.4 is 4.90 Å². The Morgan fingerprint density at radius 3 is 2.88 bits per heavy atom. The molecule has 1 aliphatic heterocycles. The van der Waals surface area contributed by atoms with E-state index < -0.39 is 0 Å². The Kier molecular flexibility index (Phi) is 3.92. The fourth-order valence-electron chi connectivity index (χ4n) is 3.27. The second-order valence-corrected chi connectivity index (χ2v) is 6.85. The molecule has 0 radical (unpaired) electrons. The molecule has 4 rings (SSSR count). The Bertz CT molecular complexity index is 766. The second-order valence-electron chi connectivity index (χ2n) is 6.44. The maximum absolute atomic E-state index is 11.7. The first-order valence-corrected chi connectivity index (χ1v) is 8.60. The second kappa shape index (κ2) is 6.09. The first-order chi connectivity index (χ1) is 11.6. The Hall–Kier alpha value is -2.08. The first kappa shape index (κ1) is 15.4.